The molecule has 15 heteroatoms. The lowest BCUT2D eigenvalue weighted by Crippen LogP contribution is -2.53. The summed E-state index contributed by atoms with van der Waals surface area (Å²) in [6.45, 7) is 5.88. The van der Waals surface area contributed by atoms with Crippen molar-refractivity contribution in [2.45, 2.75) is 18.2 Å². The molecule has 4 aromatic rings. The highest BCUT2D eigenvalue weighted by Crippen LogP contribution is 2.37. The Morgan fingerprint density at radius 3 is 2.40 bits per heavy atom. The minimum absolute atomic E-state index is 0.0217. The number of amides is 3. The monoisotopic (exact) mass is 621 g/mol. The first-order chi connectivity index (χ1) is 21.5. The Hall–Kier alpha value is -5.05. The van der Waals surface area contributed by atoms with Crippen LogP contribution in [0.1, 0.15) is 17.8 Å². The van der Waals surface area contributed by atoms with Crippen LogP contribution in [0, 0.1) is 0 Å². The number of ether oxygens (including phenoxy) is 1. The highest BCUT2D eigenvalue weighted by molar-refractivity contribution is 5.87. The van der Waals surface area contributed by atoms with Gasteiger partial charge in [0.1, 0.15) is 22.6 Å². The van der Waals surface area contributed by atoms with Crippen molar-refractivity contribution in [3.63, 3.8) is 0 Å². The number of carbonyl (C=O) groups is 2. The van der Waals surface area contributed by atoms with Crippen LogP contribution in [-0.4, -0.2) is 97.5 Å². The number of nitrogens with two attached hydrogens (primary N) is 1. The number of piperazine rings is 1. The van der Waals surface area contributed by atoms with Gasteiger partial charge in [-0.15, -0.1) is 0 Å². The predicted molar refractivity (Wildman–Crippen MR) is 158 cm³/mol. The molecule has 45 heavy (non-hydrogen) atoms. The van der Waals surface area contributed by atoms with Crippen molar-refractivity contribution in [3.8, 4) is 17.1 Å². The van der Waals surface area contributed by atoms with Crippen molar-refractivity contribution in [1.29, 1.82) is 0 Å². The molecule has 0 unspecified atom stereocenters. The second-order valence-corrected chi connectivity index (χ2v) is 10.8. The van der Waals surface area contributed by atoms with E-state index in [1.54, 1.807) is 46.1 Å². The van der Waals surface area contributed by atoms with E-state index in [1.165, 1.54) is 29.1 Å². The topological polar surface area (TPSA) is 136 Å². The molecule has 4 aromatic heterocycles. The molecule has 0 bridgehead atoms. The number of nitrogens with zero attached hydrogens (tertiary/aromatic N) is 8. The van der Waals surface area contributed by atoms with Gasteiger partial charge < -0.3 is 25.2 Å². The minimum Gasteiger partial charge on any atom is -0.383 e. The number of methoxy groups -OCH3 is 1. The van der Waals surface area contributed by atoms with E-state index in [0.29, 0.717) is 56.1 Å². The van der Waals surface area contributed by atoms with Gasteiger partial charge in [-0.3, -0.25) is 14.3 Å². The van der Waals surface area contributed by atoms with E-state index in [4.69, 9.17) is 10.5 Å². The maximum Gasteiger partial charge on any atom is 0.433 e. The number of likely N-dealkylation sites (tertiary alicyclic amines) is 1. The zero-order chi connectivity index (χ0) is 31.9. The van der Waals surface area contributed by atoms with Gasteiger partial charge in [0.05, 0.1) is 29.7 Å². The van der Waals surface area contributed by atoms with Crippen LogP contribution in [0.3, 0.4) is 0 Å². The smallest absolute Gasteiger partial charge is 0.383 e. The Bertz CT molecular complexity index is 1770. The Morgan fingerprint density at radius 1 is 1.00 bits per heavy atom. The lowest BCUT2D eigenvalue weighted by atomic mass is 9.97. The zero-order valence-electron chi connectivity index (χ0n) is 24.4. The number of aromatic nitrogens is 5. The van der Waals surface area contributed by atoms with E-state index >= 15 is 0 Å². The standard InChI is InChI=1S/C30H30F3N9O3/c1-3-24(43)39-13-15-40(16-14-39)28(44)41-12-10-29(18-41,45-2)22-8-6-19(17-36-22)42-26(20-5-4-11-35-25(20)34)37-21-7-9-23(30(31,32)33)38-27(21)42/h3-9,11,17H,1,10,12-16,18H2,2H3,(H2,34,35)/t29-/m1/s1. The molecule has 0 spiro atoms. The fourth-order valence-electron chi connectivity index (χ4n) is 5.81. The van der Waals surface area contributed by atoms with Gasteiger partial charge >= 0.3 is 12.2 Å². The summed E-state index contributed by atoms with van der Waals surface area (Å²) in [7, 11) is 1.55. The number of imidazole rings is 1. The number of carbonyl (C=O) groups excluding carboxylic acids is 2. The van der Waals surface area contributed by atoms with Crippen LogP contribution < -0.4 is 5.73 Å². The van der Waals surface area contributed by atoms with Crippen LogP contribution in [0.5, 0.6) is 0 Å². The first-order valence-electron chi connectivity index (χ1n) is 14.2. The molecule has 0 radical (unpaired) electrons. The molecule has 0 aromatic carbocycles. The third-order valence-electron chi connectivity index (χ3n) is 8.28. The summed E-state index contributed by atoms with van der Waals surface area (Å²) in [4.78, 5) is 47.6. The molecule has 2 aliphatic rings. The highest BCUT2D eigenvalue weighted by Gasteiger charge is 2.44. The number of fused-ring (bicyclic) bond motifs is 1. The van der Waals surface area contributed by atoms with Crippen LogP contribution in [-0.2, 0) is 21.3 Å². The van der Waals surface area contributed by atoms with Crippen molar-refractivity contribution in [2.75, 3.05) is 52.1 Å². The van der Waals surface area contributed by atoms with Crippen LogP contribution in [0.2, 0.25) is 0 Å². The van der Waals surface area contributed by atoms with Crippen LogP contribution in [0.15, 0.2) is 61.4 Å². The largest absolute Gasteiger partial charge is 0.433 e. The number of halogens is 3. The minimum atomic E-state index is -4.66. The van der Waals surface area contributed by atoms with E-state index in [0.717, 1.165) is 6.07 Å². The number of rotatable bonds is 5. The maximum atomic E-state index is 13.6. The van der Waals surface area contributed by atoms with Gasteiger partial charge in [0.2, 0.25) is 5.91 Å². The Kier molecular flexibility index (Phi) is 7.64. The molecule has 0 saturated carbocycles. The van der Waals surface area contributed by atoms with Crippen molar-refractivity contribution in [1.82, 2.24) is 39.2 Å². The number of alkyl halides is 3. The Morgan fingerprint density at radius 2 is 1.76 bits per heavy atom. The number of pyridine rings is 3. The number of nitrogen functional groups attached to an aromatic ring is 1. The maximum absolute atomic E-state index is 13.6. The van der Waals surface area contributed by atoms with Crippen LogP contribution in [0.25, 0.3) is 28.2 Å². The molecule has 1 atom stereocenters. The fraction of sp³-hybridized carbons (Fsp3) is 0.333. The summed E-state index contributed by atoms with van der Waals surface area (Å²) in [5.74, 6) is 0.246. The molecule has 6 rings (SSSR count). The van der Waals surface area contributed by atoms with Gasteiger partial charge in [-0.1, -0.05) is 6.58 Å². The van der Waals surface area contributed by atoms with Gasteiger partial charge in [-0.05, 0) is 42.5 Å². The second-order valence-electron chi connectivity index (χ2n) is 10.8. The van der Waals surface area contributed by atoms with Gasteiger partial charge in [0, 0.05) is 52.5 Å². The van der Waals surface area contributed by atoms with E-state index < -0.39 is 17.5 Å². The van der Waals surface area contributed by atoms with Gasteiger partial charge in [0.15, 0.2) is 11.5 Å². The quantitative estimate of drug-likeness (QED) is 0.335. The molecule has 3 amide bonds. The van der Waals surface area contributed by atoms with Crippen molar-refractivity contribution in [3.05, 3.63) is 72.8 Å². The molecular formula is C30H30F3N9O3. The molecule has 0 aliphatic carbocycles. The third-order valence-corrected chi connectivity index (χ3v) is 8.28. The van der Waals surface area contributed by atoms with Crippen molar-refractivity contribution < 1.29 is 27.5 Å². The second kappa shape index (κ2) is 11.5. The lowest BCUT2D eigenvalue weighted by molar-refractivity contribution is -0.141. The van der Waals surface area contributed by atoms with E-state index in [9.17, 15) is 22.8 Å². The van der Waals surface area contributed by atoms with Crippen molar-refractivity contribution >= 4 is 28.9 Å². The first-order valence-corrected chi connectivity index (χ1v) is 14.2. The first kappa shape index (κ1) is 30.0. The highest BCUT2D eigenvalue weighted by atomic mass is 19.4. The number of urea groups is 1. The fourth-order valence-corrected chi connectivity index (χ4v) is 5.81. The number of anilines is 1. The third kappa shape index (κ3) is 5.43. The Labute approximate surface area is 255 Å². The van der Waals surface area contributed by atoms with E-state index in [1.807, 2.05) is 0 Å². The Balaban J connectivity index is 1.30. The van der Waals surface area contributed by atoms with Crippen molar-refractivity contribution in [2.24, 2.45) is 0 Å². The SMILES string of the molecule is C=CC(=O)N1CCN(C(=O)N2CC[C@](OC)(c3ccc(-n4c(-c5cccnc5N)nc5ccc(C(F)(F)F)nc54)cn3)C2)CC1. The van der Waals surface area contributed by atoms with Crippen LogP contribution in [0.4, 0.5) is 23.8 Å². The molecule has 2 saturated heterocycles. The summed E-state index contributed by atoms with van der Waals surface area (Å²) < 4.78 is 48.3. The van der Waals surface area contributed by atoms with E-state index in [-0.39, 0.29) is 41.3 Å². The van der Waals surface area contributed by atoms with Gasteiger partial charge in [-0.25, -0.2) is 19.7 Å². The summed E-state index contributed by atoms with van der Waals surface area (Å²) in [6.07, 6.45) is 0.107. The van der Waals surface area contributed by atoms with Gasteiger partial charge in [0.25, 0.3) is 0 Å². The molecule has 234 valence electrons. The number of hydrogen-bond donors (Lipinski definition) is 1. The summed E-state index contributed by atoms with van der Waals surface area (Å²) in [5, 5.41) is 0. The average Bonchev–Trinajstić information content (AvgIpc) is 3.67. The zero-order valence-corrected chi connectivity index (χ0v) is 24.4. The summed E-state index contributed by atoms with van der Waals surface area (Å²) in [5.41, 5.74) is 5.75. The summed E-state index contributed by atoms with van der Waals surface area (Å²) >= 11 is 0. The molecular weight excluding hydrogens is 591 g/mol. The number of hydrogen-bond acceptors (Lipinski definition) is 8. The molecule has 2 N–H and O–H groups in total. The normalized spacial score (nSPS) is 18.9. The lowest BCUT2D eigenvalue weighted by Gasteiger charge is -2.36. The molecule has 12 nitrogen and oxygen atoms in total. The van der Waals surface area contributed by atoms with Gasteiger partial charge in [-0.2, -0.15) is 13.2 Å². The summed E-state index contributed by atoms with van der Waals surface area (Å²) in [6, 6.07) is 8.75. The average molecular weight is 622 g/mol. The predicted octanol–water partition coefficient (Wildman–Crippen LogP) is 3.48. The molecule has 6 heterocycles. The molecule has 2 fully saturated rings. The van der Waals surface area contributed by atoms with Crippen LogP contribution >= 0.6 is 0 Å². The van der Waals surface area contributed by atoms with E-state index in [2.05, 4.69) is 26.5 Å². The molecule has 2 aliphatic heterocycles.